The molecular weight excluding hydrogens is 394 g/mol. The molecule has 0 atom stereocenters. The average molecular weight is 414 g/mol. The molecule has 0 saturated heterocycles. The van der Waals surface area contributed by atoms with Crippen LogP contribution in [0.15, 0.2) is 42.6 Å². The van der Waals surface area contributed by atoms with Crippen molar-refractivity contribution in [3.05, 3.63) is 47.6 Å². The van der Waals surface area contributed by atoms with Gasteiger partial charge >= 0.3 is 0 Å². The van der Waals surface area contributed by atoms with E-state index in [0.29, 0.717) is 35.2 Å². The van der Waals surface area contributed by atoms with E-state index < -0.39 is 0 Å². The number of halogens is 1. The molecule has 0 saturated carbocycles. The van der Waals surface area contributed by atoms with Crippen LogP contribution < -0.4 is 15.0 Å². The van der Waals surface area contributed by atoms with Gasteiger partial charge in [-0.05, 0) is 30.3 Å². The number of anilines is 2. The number of hydrogen-bond acceptors (Lipinski definition) is 4. The zero-order valence-corrected chi connectivity index (χ0v) is 16.8. The van der Waals surface area contributed by atoms with Crippen LogP contribution in [0.3, 0.4) is 0 Å². The van der Waals surface area contributed by atoms with Crippen molar-refractivity contribution in [2.24, 2.45) is 7.05 Å². The van der Waals surface area contributed by atoms with Crippen LogP contribution in [0, 0.1) is 0 Å². The topological polar surface area (TPSA) is 81.4 Å². The first kappa shape index (κ1) is 19.1. The number of carbonyl (C=O) groups excluding carboxylic acids is 2. The Kier molecular flexibility index (Phi) is 5.02. The molecule has 0 bridgehead atoms. The number of amides is 2. The van der Waals surface area contributed by atoms with E-state index in [-0.39, 0.29) is 18.4 Å². The largest absolute Gasteiger partial charge is 0.495 e. The molecule has 0 spiro atoms. The summed E-state index contributed by atoms with van der Waals surface area (Å²) >= 11 is 6.10. The number of nitrogens with one attached hydrogen (secondary N) is 1. The van der Waals surface area contributed by atoms with Crippen LogP contribution in [0.2, 0.25) is 5.02 Å². The fourth-order valence-corrected chi connectivity index (χ4v) is 3.62. The minimum Gasteiger partial charge on any atom is -0.495 e. The van der Waals surface area contributed by atoms with Gasteiger partial charge in [-0.2, -0.15) is 5.10 Å². The standard InChI is InChI=1S/C20H20ClN5O3/c1-24-8-3-4-16(24)15-11-19-25(20(28)7-9-26(19)23-15)12-18(27)22-13-5-6-17(29-2)14(21)10-13/h3-6,8,10-11H,7,9,12H2,1-2H3,(H,22,27). The summed E-state index contributed by atoms with van der Waals surface area (Å²) in [5, 5.41) is 7.76. The van der Waals surface area contributed by atoms with Crippen LogP contribution in [0.1, 0.15) is 6.42 Å². The SMILES string of the molecule is COc1ccc(NC(=O)CN2C(=O)CCn3nc(-c4cccn4C)cc32)cc1Cl. The van der Waals surface area contributed by atoms with Gasteiger partial charge in [0.05, 0.1) is 24.4 Å². The average Bonchev–Trinajstić information content (AvgIpc) is 3.30. The highest BCUT2D eigenvalue weighted by molar-refractivity contribution is 6.32. The third-order valence-electron chi connectivity index (χ3n) is 4.82. The number of aryl methyl sites for hydroxylation is 2. The first-order valence-corrected chi connectivity index (χ1v) is 9.47. The molecule has 0 radical (unpaired) electrons. The highest BCUT2D eigenvalue weighted by atomic mass is 35.5. The minimum absolute atomic E-state index is 0.110. The van der Waals surface area contributed by atoms with Gasteiger partial charge in [0.25, 0.3) is 0 Å². The molecule has 8 nitrogen and oxygen atoms in total. The molecule has 0 fully saturated rings. The number of rotatable bonds is 5. The quantitative estimate of drug-likeness (QED) is 0.697. The smallest absolute Gasteiger partial charge is 0.244 e. The number of aromatic nitrogens is 3. The highest BCUT2D eigenvalue weighted by Gasteiger charge is 2.28. The lowest BCUT2D eigenvalue weighted by Crippen LogP contribution is -2.42. The van der Waals surface area contributed by atoms with Gasteiger partial charge in [0, 0.05) is 31.4 Å². The number of carbonyl (C=O) groups is 2. The maximum Gasteiger partial charge on any atom is 0.244 e. The van der Waals surface area contributed by atoms with Crippen LogP contribution >= 0.6 is 11.6 Å². The first-order valence-electron chi connectivity index (χ1n) is 9.09. The van der Waals surface area contributed by atoms with Gasteiger partial charge < -0.3 is 14.6 Å². The van der Waals surface area contributed by atoms with Crippen molar-refractivity contribution in [1.29, 1.82) is 0 Å². The fraction of sp³-hybridized carbons (Fsp3) is 0.250. The summed E-state index contributed by atoms with van der Waals surface area (Å²) in [5.41, 5.74) is 2.23. The van der Waals surface area contributed by atoms with Crippen LogP contribution in [-0.4, -0.2) is 39.8 Å². The molecule has 0 unspecified atom stereocenters. The van der Waals surface area contributed by atoms with Gasteiger partial charge in [-0.3, -0.25) is 14.5 Å². The summed E-state index contributed by atoms with van der Waals surface area (Å²) in [6.45, 7) is 0.381. The molecule has 1 aliphatic heterocycles. The second-order valence-corrected chi connectivity index (χ2v) is 7.15. The van der Waals surface area contributed by atoms with Gasteiger partial charge in [0.1, 0.15) is 23.8 Å². The molecule has 2 aromatic heterocycles. The molecular formula is C20H20ClN5O3. The van der Waals surface area contributed by atoms with Crippen molar-refractivity contribution in [3.63, 3.8) is 0 Å². The summed E-state index contributed by atoms with van der Waals surface area (Å²) in [7, 11) is 3.46. The van der Waals surface area contributed by atoms with Gasteiger partial charge in [0.15, 0.2) is 0 Å². The zero-order valence-electron chi connectivity index (χ0n) is 16.1. The lowest BCUT2D eigenvalue weighted by Gasteiger charge is -2.26. The van der Waals surface area contributed by atoms with Crippen molar-refractivity contribution in [2.75, 3.05) is 23.9 Å². The summed E-state index contributed by atoms with van der Waals surface area (Å²) in [6.07, 6.45) is 2.23. The van der Waals surface area contributed by atoms with Crippen LogP contribution in [0.4, 0.5) is 11.5 Å². The molecule has 3 heterocycles. The Morgan fingerprint density at radius 2 is 2.14 bits per heavy atom. The molecule has 1 aliphatic rings. The van der Waals surface area contributed by atoms with Crippen LogP contribution in [0.5, 0.6) is 5.75 Å². The molecule has 1 aromatic carbocycles. The van der Waals surface area contributed by atoms with Crippen molar-refractivity contribution >= 4 is 34.9 Å². The van der Waals surface area contributed by atoms with E-state index in [1.54, 1.807) is 22.9 Å². The lowest BCUT2D eigenvalue weighted by molar-refractivity contribution is -0.122. The molecule has 2 amide bonds. The Labute approximate surface area is 172 Å². The summed E-state index contributed by atoms with van der Waals surface area (Å²) in [4.78, 5) is 26.5. The van der Waals surface area contributed by atoms with Crippen molar-refractivity contribution in [2.45, 2.75) is 13.0 Å². The predicted octanol–water partition coefficient (Wildman–Crippen LogP) is 2.93. The maximum atomic E-state index is 12.6. The van der Waals surface area contributed by atoms with Gasteiger partial charge in [-0.1, -0.05) is 11.6 Å². The third-order valence-corrected chi connectivity index (χ3v) is 5.11. The Bertz CT molecular complexity index is 1090. The molecule has 150 valence electrons. The highest BCUT2D eigenvalue weighted by Crippen LogP contribution is 2.29. The van der Waals surface area contributed by atoms with E-state index >= 15 is 0 Å². The van der Waals surface area contributed by atoms with E-state index in [1.165, 1.54) is 12.0 Å². The molecule has 4 rings (SSSR count). The Morgan fingerprint density at radius 3 is 2.83 bits per heavy atom. The zero-order chi connectivity index (χ0) is 20.5. The molecule has 29 heavy (non-hydrogen) atoms. The van der Waals surface area contributed by atoms with Gasteiger partial charge in [0.2, 0.25) is 11.8 Å². The van der Waals surface area contributed by atoms with Gasteiger partial charge in [-0.25, -0.2) is 4.68 Å². The Morgan fingerprint density at radius 1 is 1.31 bits per heavy atom. The fourth-order valence-electron chi connectivity index (χ4n) is 3.36. The number of nitrogens with zero attached hydrogens (tertiary/aromatic N) is 4. The molecule has 9 heteroatoms. The lowest BCUT2D eigenvalue weighted by atomic mass is 10.2. The van der Waals surface area contributed by atoms with Crippen molar-refractivity contribution < 1.29 is 14.3 Å². The van der Waals surface area contributed by atoms with E-state index in [0.717, 1.165) is 11.4 Å². The number of hydrogen-bond donors (Lipinski definition) is 1. The van der Waals surface area contributed by atoms with E-state index in [1.807, 2.05) is 36.0 Å². The third kappa shape index (κ3) is 3.71. The first-order chi connectivity index (χ1) is 14.0. The Balaban J connectivity index is 1.54. The molecule has 3 aromatic rings. The monoisotopic (exact) mass is 413 g/mol. The minimum atomic E-state index is -0.324. The second-order valence-electron chi connectivity index (χ2n) is 6.74. The number of ether oxygens (including phenoxy) is 1. The van der Waals surface area contributed by atoms with E-state index in [4.69, 9.17) is 16.3 Å². The number of benzene rings is 1. The van der Waals surface area contributed by atoms with Crippen molar-refractivity contribution in [3.8, 4) is 17.1 Å². The molecule has 1 N–H and O–H groups in total. The summed E-state index contributed by atoms with van der Waals surface area (Å²) in [6, 6.07) is 10.7. The van der Waals surface area contributed by atoms with Crippen molar-refractivity contribution in [1.82, 2.24) is 14.3 Å². The number of methoxy groups -OCH3 is 1. The van der Waals surface area contributed by atoms with E-state index in [9.17, 15) is 9.59 Å². The second kappa shape index (κ2) is 7.63. The predicted molar refractivity (Wildman–Crippen MR) is 110 cm³/mol. The maximum absolute atomic E-state index is 12.6. The molecule has 0 aliphatic carbocycles. The Hall–Kier alpha value is -3.26. The van der Waals surface area contributed by atoms with Crippen LogP contribution in [0.25, 0.3) is 11.4 Å². The van der Waals surface area contributed by atoms with E-state index in [2.05, 4.69) is 10.4 Å². The summed E-state index contributed by atoms with van der Waals surface area (Å²) in [5.74, 6) is 0.696. The normalized spacial score (nSPS) is 13.3. The number of fused-ring (bicyclic) bond motifs is 1. The summed E-state index contributed by atoms with van der Waals surface area (Å²) < 4.78 is 8.84. The van der Waals surface area contributed by atoms with Crippen LogP contribution in [-0.2, 0) is 23.2 Å². The van der Waals surface area contributed by atoms with Gasteiger partial charge in [-0.15, -0.1) is 0 Å².